The second kappa shape index (κ2) is 4.69. The van der Waals surface area contributed by atoms with E-state index in [1.165, 1.54) is 5.56 Å². The topological polar surface area (TPSA) is 29.5 Å². The summed E-state index contributed by atoms with van der Waals surface area (Å²) in [6.45, 7) is 2.24. The van der Waals surface area contributed by atoms with Crippen LogP contribution in [0.4, 0.5) is 4.39 Å². The van der Waals surface area contributed by atoms with Crippen molar-refractivity contribution in [2.24, 2.45) is 5.41 Å². The van der Waals surface area contributed by atoms with E-state index < -0.39 is 0 Å². The molecule has 0 radical (unpaired) electrons. The molecule has 0 amide bonds. The van der Waals surface area contributed by atoms with Gasteiger partial charge in [-0.15, -0.1) is 0 Å². The van der Waals surface area contributed by atoms with Crippen molar-refractivity contribution in [3.8, 4) is 5.75 Å². The summed E-state index contributed by atoms with van der Waals surface area (Å²) in [4.78, 5) is 0. The van der Waals surface area contributed by atoms with Crippen LogP contribution in [0.1, 0.15) is 43.2 Å². The van der Waals surface area contributed by atoms with Crippen LogP contribution >= 0.6 is 0 Å². The molecule has 1 fully saturated rings. The van der Waals surface area contributed by atoms with Gasteiger partial charge in [0.1, 0.15) is 11.6 Å². The summed E-state index contributed by atoms with van der Waals surface area (Å²) in [6.07, 6.45) is 3.32. The van der Waals surface area contributed by atoms with E-state index in [-0.39, 0.29) is 23.3 Å². The number of rotatable bonds is 1. The molecular formula is C19H21FO2. The Balaban J connectivity index is 1.96. The summed E-state index contributed by atoms with van der Waals surface area (Å²) in [5.74, 6) is 0.860. The molecule has 2 aliphatic rings. The van der Waals surface area contributed by atoms with E-state index in [1.54, 1.807) is 19.2 Å². The third kappa shape index (κ3) is 1.88. The zero-order valence-corrected chi connectivity index (χ0v) is 13.0. The van der Waals surface area contributed by atoms with Crippen molar-refractivity contribution in [2.75, 3.05) is 7.11 Å². The molecular weight excluding hydrogens is 279 g/mol. The van der Waals surface area contributed by atoms with Gasteiger partial charge in [0.25, 0.3) is 0 Å². The summed E-state index contributed by atoms with van der Waals surface area (Å²) in [7, 11) is 1.64. The normalized spacial score (nSPS) is 30.2. The van der Waals surface area contributed by atoms with Gasteiger partial charge in [-0.1, -0.05) is 6.92 Å². The van der Waals surface area contributed by atoms with Gasteiger partial charge in [-0.2, -0.15) is 0 Å². The Morgan fingerprint density at radius 1 is 1.27 bits per heavy atom. The van der Waals surface area contributed by atoms with Gasteiger partial charge in [-0.25, -0.2) is 4.39 Å². The Morgan fingerprint density at radius 3 is 2.86 bits per heavy atom. The number of hydrogen-bond donors (Lipinski definition) is 1. The van der Waals surface area contributed by atoms with Gasteiger partial charge in [0.05, 0.1) is 13.2 Å². The predicted molar refractivity (Wildman–Crippen MR) is 84.9 cm³/mol. The van der Waals surface area contributed by atoms with Crippen molar-refractivity contribution in [3.05, 3.63) is 41.2 Å². The van der Waals surface area contributed by atoms with Crippen LogP contribution in [0, 0.1) is 11.2 Å². The summed E-state index contributed by atoms with van der Waals surface area (Å²) in [5.41, 5.74) is 2.45. The Labute approximate surface area is 129 Å². The largest absolute Gasteiger partial charge is 0.497 e. The van der Waals surface area contributed by atoms with Crippen LogP contribution in [-0.2, 0) is 6.42 Å². The summed E-state index contributed by atoms with van der Waals surface area (Å²) < 4.78 is 19.9. The van der Waals surface area contributed by atoms with Gasteiger partial charge in [0.2, 0.25) is 0 Å². The highest BCUT2D eigenvalue weighted by molar-refractivity contribution is 5.89. The number of aryl methyl sites for hydroxylation is 1. The molecule has 2 aromatic rings. The molecule has 2 nitrogen and oxygen atoms in total. The van der Waals surface area contributed by atoms with E-state index in [0.29, 0.717) is 5.39 Å². The lowest BCUT2D eigenvalue weighted by Crippen LogP contribution is -2.27. The standard InChI is InChI=1S/C19H21FO2/c1-19-6-5-13-15-8-12(22-2)3-4-14(15)18(20)9-16(13)17(19)7-11(21)10-19/h3-4,8-9,11,17,21H,5-7,10H2,1-2H3/t11-,17-,19+/m0/s1. The van der Waals surface area contributed by atoms with E-state index in [2.05, 4.69) is 6.92 Å². The van der Waals surface area contributed by atoms with Crippen LogP contribution in [0.25, 0.3) is 10.8 Å². The molecule has 2 aliphatic carbocycles. The van der Waals surface area contributed by atoms with Crippen LogP contribution in [0.15, 0.2) is 24.3 Å². The Kier molecular flexibility index (Phi) is 2.99. The molecule has 0 unspecified atom stereocenters. The molecule has 0 saturated heterocycles. The average molecular weight is 300 g/mol. The molecule has 1 saturated carbocycles. The monoisotopic (exact) mass is 300 g/mol. The molecule has 1 N–H and O–H groups in total. The third-order valence-corrected chi connectivity index (χ3v) is 5.81. The first kappa shape index (κ1) is 14.0. The molecule has 0 aliphatic heterocycles. The van der Waals surface area contributed by atoms with Crippen LogP contribution < -0.4 is 4.74 Å². The maximum Gasteiger partial charge on any atom is 0.131 e. The SMILES string of the molecule is COc1ccc2c(F)cc3c(c2c1)CC[C@]1(C)C[C@@H](O)C[C@@H]31. The molecule has 3 atom stereocenters. The van der Waals surface area contributed by atoms with Crippen LogP contribution in [-0.4, -0.2) is 18.3 Å². The molecule has 22 heavy (non-hydrogen) atoms. The zero-order valence-electron chi connectivity index (χ0n) is 13.0. The third-order valence-electron chi connectivity index (χ3n) is 5.81. The molecule has 3 heteroatoms. The Bertz CT molecular complexity index is 755. The highest BCUT2D eigenvalue weighted by Gasteiger charge is 2.47. The minimum atomic E-state index is -0.259. The first-order valence-electron chi connectivity index (χ1n) is 7.99. The van der Waals surface area contributed by atoms with E-state index in [0.717, 1.165) is 42.4 Å². The van der Waals surface area contributed by atoms with E-state index in [4.69, 9.17) is 4.74 Å². The van der Waals surface area contributed by atoms with Gasteiger partial charge >= 0.3 is 0 Å². The van der Waals surface area contributed by atoms with Crippen molar-refractivity contribution >= 4 is 10.8 Å². The molecule has 4 rings (SSSR count). The van der Waals surface area contributed by atoms with Crippen molar-refractivity contribution in [1.29, 1.82) is 0 Å². The van der Waals surface area contributed by atoms with Gasteiger partial charge < -0.3 is 9.84 Å². The number of aliphatic hydroxyl groups excluding tert-OH is 1. The van der Waals surface area contributed by atoms with Crippen molar-refractivity contribution in [3.63, 3.8) is 0 Å². The lowest BCUT2D eigenvalue weighted by molar-refractivity contribution is 0.159. The Morgan fingerprint density at radius 2 is 2.09 bits per heavy atom. The number of fused-ring (bicyclic) bond motifs is 5. The molecule has 2 aromatic carbocycles. The van der Waals surface area contributed by atoms with Crippen LogP contribution in [0.2, 0.25) is 0 Å². The molecule has 0 aromatic heterocycles. The number of hydrogen-bond acceptors (Lipinski definition) is 2. The van der Waals surface area contributed by atoms with Crippen molar-refractivity contribution in [1.82, 2.24) is 0 Å². The lowest BCUT2D eigenvalue weighted by Gasteiger charge is -2.38. The minimum Gasteiger partial charge on any atom is -0.497 e. The summed E-state index contributed by atoms with van der Waals surface area (Å²) >= 11 is 0. The average Bonchev–Trinajstić information content (AvgIpc) is 2.81. The maximum absolute atomic E-state index is 14.6. The fourth-order valence-electron chi connectivity index (χ4n) is 4.66. The Hall–Kier alpha value is -1.61. The quantitative estimate of drug-likeness (QED) is 0.856. The summed E-state index contributed by atoms with van der Waals surface area (Å²) in [5, 5.41) is 11.7. The first-order valence-corrected chi connectivity index (χ1v) is 7.99. The van der Waals surface area contributed by atoms with Gasteiger partial charge in [-0.05, 0) is 77.8 Å². The highest BCUT2D eigenvalue weighted by atomic mass is 19.1. The smallest absolute Gasteiger partial charge is 0.131 e. The molecule has 116 valence electrons. The minimum absolute atomic E-state index is 0.103. The number of methoxy groups -OCH3 is 1. The van der Waals surface area contributed by atoms with Crippen molar-refractivity contribution in [2.45, 2.75) is 44.6 Å². The van der Waals surface area contributed by atoms with Gasteiger partial charge in [0, 0.05) is 5.39 Å². The fraction of sp³-hybridized carbons (Fsp3) is 0.474. The number of benzene rings is 2. The fourth-order valence-corrected chi connectivity index (χ4v) is 4.66. The number of halogens is 1. The van der Waals surface area contributed by atoms with Gasteiger partial charge in [-0.3, -0.25) is 0 Å². The number of ether oxygens (including phenoxy) is 1. The second-order valence-corrected chi connectivity index (χ2v) is 7.14. The maximum atomic E-state index is 14.6. The second-order valence-electron chi connectivity index (χ2n) is 7.14. The molecule has 0 heterocycles. The first-order chi connectivity index (χ1) is 10.5. The highest BCUT2D eigenvalue weighted by Crippen LogP contribution is 2.56. The molecule has 0 bridgehead atoms. The van der Waals surface area contributed by atoms with E-state index in [9.17, 15) is 9.50 Å². The zero-order chi connectivity index (χ0) is 15.5. The van der Waals surface area contributed by atoms with E-state index in [1.807, 2.05) is 12.1 Å². The van der Waals surface area contributed by atoms with Crippen LogP contribution in [0.5, 0.6) is 5.75 Å². The van der Waals surface area contributed by atoms with Gasteiger partial charge in [0.15, 0.2) is 0 Å². The summed E-state index contributed by atoms with van der Waals surface area (Å²) in [6, 6.07) is 7.28. The molecule has 0 spiro atoms. The van der Waals surface area contributed by atoms with Crippen LogP contribution in [0.3, 0.4) is 0 Å². The predicted octanol–water partition coefficient (Wildman–Crippen LogP) is 4.18. The van der Waals surface area contributed by atoms with E-state index >= 15 is 0 Å². The van der Waals surface area contributed by atoms with Crippen molar-refractivity contribution < 1.29 is 14.2 Å². The number of aliphatic hydroxyl groups is 1. The lowest BCUT2D eigenvalue weighted by atomic mass is 9.66.